The molecule has 0 radical (unpaired) electrons. The molecule has 0 amide bonds. The summed E-state index contributed by atoms with van der Waals surface area (Å²) in [4.78, 5) is 24.4. The summed E-state index contributed by atoms with van der Waals surface area (Å²) in [7, 11) is 1.81. The van der Waals surface area contributed by atoms with E-state index in [2.05, 4.69) is 10.3 Å². The van der Waals surface area contributed by atoms with Crippen LogP contribution < -0.4 is 16.6 Å². The van der Waals surface area contributed by atoms with Crippen molar-refractivity contribution in [3.05, 3.63) is 32.6 Å². The highest BCUT2D eigenvalue weighted by atomic mass is 16.2. The van der Waals surface area contributed by atoms with Gasteiger partial charge in [0.15, 0.2) is 0 Å². The van der Waals surface area contributed by atoms with Gasteiger partial charge in [-0.3, -0.25) is 14.3 Å². The predicted octanol–water partition coefficient (Wildman–Crippen LogP) is -0.936. The Bertz CT molecular complexity index is 391. The van der Waals surface area contributed by atoms with Crippen LogP contribution in [-0.2, 0) is 6.54 Å². The first-order valence-corrected chi connectivity index (χ1v) is 4.10. The van der Waals surface area contributed by atoms with Crippen LogP contribution >= 0.6 is 0 Å². The lowest BCUT2D eigenvalue weighted by Crippen LogP contribution is -2.33. The molecule has 0 bridgehead atoms. The lowest BCUT2D eigenvalue weighted by atomic mass is 10.4. The fourth-order valence-corrected chi connectivity index (χ4v) is 1.02. The molecule has 1 aromatic rings. The second kappa shape index (κ2) is 4.04. The molecule has 72 valence electrons. The SMILES string of the molecule is CNCCn1cc(C)c(=O)[nH]c1=O. The lowest BCUT2D eigenvalue weighted by Gasteiger charge is -2.04. The van der Waals surface area contributed by atoms with E-state index < -0.39 is 0 Å². The number of aryl methyl sites for hydroxylation is 1. The van der Waals surface area contributed by atoms with Crippen molar-refractivity contribution in [3.8, 4) is 0 Å². The number of hydrogen-bond donors (Lipinski definition) is 2. The molecule has 1 aromatic heterocycles. The lowest BCUT2D eigenvalue weighted by molar-refractivity contribution is 0.606. The van der Waals surface area contributed by atoms with Crippen molar-refractivity contribution in [2.24, 2.45) is 0 Å². The van der Waals surface area contributed by atoms with Crippen molar-refractivity contribution in [3.63, 3.8) is 0 Å². The Morgan fingerprint density at radius 3 is 2.85 bits per heavy atom. The van der Waals surface area contributed by atoms with Gasteiger partial charge in [-0.05, 0) is 14.0 Å². The van der Waals surface area contributed by atoms with Gasteiger partial charge >= 0.3 is 5.69 Å². The fourth-order valence-electron chi connectivity index (χ4n) is 1.02. The van der Waals surface area contributed by atoms with Crippen LogP contribution in [-0.4, -0.2) is 23.1 Å². The molecule has 0 aliphatic carbocycles. The summed E-state index contributed by atoms with van der Waals surface area (Å²) < 4.78 is 1.48. The number of rotatable bonds is 3. The van der Waals surface area contributed by atoms with Gasteiger partial charge in [0.1, 0.15) is 0 Å². The largest absolute Gasteiger partial charge is 0.328 e. The van der Waals surface area contributed by atoms with Gasteiger partial charge in [0, 0.05) is 24.8 Å². The molecule has 0 aliphatic rings. The van der Waals surface area contributed by atoms with E-state index in [4.69, 9.17) is 0 Å². The molecule has 1 rings (SSSR count). The number of aromatic nitrogens is 2. The molecule has 0 saturated carbocycles. The van der Waals surface area contributed by atoms with Crippen molar-refractivity contribution in [1.29, 1.82) is 0 Å². The number of nitrogens with one attached hydrogen (secondary N) is 2. The van der Waals surface area contributed by atoms with Gasteiger partial charge in [-0.1, -0.05) is 0 Å². The van der Waals surface area contributed by atoms with Crippen LogP contribution in [0.25, 0.3) is 0 Å². The molecule has 5 heteroatoms. The summed E-state index contributed by atoms with van der Waals surface area (Å²) in [6.45, 7) is 2.94. The van der Waals surface area contributed by atoms with Crippen molar-refractivity contribution in [1.82, 2.24) is 14.9 Å². The Labute approximate surface area is 75.4 Å². The number of nitrogens with zero attached hydrogens (tertiary/aromatic N) is 1. The second-order valence-corrected chi connectivity index (χ2v) is 2.87. The summed E-state index contributed by atoms with van der Waals surface area (Å²) >= 11 is 0. The summed E-state index contributed by atoms with van der Waals surface area (Å²) in [5.41, 5.74) is -0.118. The minimum absolute atomic E-state index is 0.314. The fraction of sp³-hybridized carbons (Fsp3) is 0.500. The van der Waals surface area contributed by atoms with E-state index >= 15 is 0 Å². The van der Waals surface area contributed by atoms with Crippen molar-refractivity contribution in [2.75, 3.05) is 13.6 Å². The molecule has 1 heterocycles. The topological polar surface area (TPSA) is 66.9 Å². The van der Waals surface area contributed by atoms with E-state index in [1.807, 2.05) is 7.05 Å². The number of likely N-dealkylation sites (N-methyl/N-ethyl adjacent to an activating group) is 1. The molecule has 0 aliphatic heterocycles. The van der Waals surface area contributed by atoms with E-state index in [1.165, 1.54) is 4.57 Å². The maximum Gasteiger partial charge on any atom is 0.328 e. The molecule has 5 nitrogen and oxygen atoms in total. The minimum atomic E-state index is -0.356. The first kappa shape index (κ1) is 9.73. The van der Waals surface area contributed by atoms with Crippen molar-refractivity contribution < 1.29 is 0 Å². The maximum atomic E-state index is 11.2. The van der Waals surface area contributed by atoms with Crippen LogP contribution in [0.4, 0.5) is 0 Å². The standard InChI is InChI=1S/C8H13N3O2/c1-6-5-11(4-3-9-2)8(13)10-7(6)12/h5,9H,3-4H2,1-2H3,(H,10,12,13). The van der Waals surface area contributed by atoms with Gasteiger partial charge in [0.05, 0.1) is 0 Å². The van der Waals surface area contributed by atoms with Gasteiger partial charge in [-0.25, -0.2) is 4.79 Å². The summed E-state index contributed by atoms with van der Waals surface area (Å²) in [5, 5.41) is 2.93. The van der Waals surface area contributed by atoms with Crippen molar-refractivity contribution >= 4 is 0 Å². The average Bonchev–Trinajstić information content (AvgIpc) is 2.09. The molecule has 2 N–H and O–H groups in total. The highest BCUT2D eigenvalue weighted by Gasteiger charge is 1.98. The van der Waals surface area contributed by atoms with Gasteiger partial charge in [0.2, 0.25) is 0 Å². The van der Waals surface area contributed by atoms with E-state index in [0.717, 1.165) is 0 Å². The third-order valence-corrected chi connectivity index (χ3v) is 1.79. The second-order valence-electron chi connectivity index (χ2n) is 2.87. The zero-order chi connectivity index (χ0) is 9.84. The van der Waals surface area contributed by atoms with Crippen LogP contribution in [0.2, 0.25) is 0 Å². The third kappa shape index (κ3) is 2.29. The first-order valence-electron chi connectivity index (χ1n) is 4.10. The van der Waals surface area contributed by atoms with Crippen molar-refractivity contribution in [2.45, 2.75) is 13.5 Å². The summed E-state index contributed by atoms with van der Waals surface area (Å²) in [6, 6.07) is 0. The van der Waals surface area contributed by atoms with E-state index in [-0.39, 0.29) is 11.2 Å². The van der Waals surface area contributed by atoms with Crippen LogP contribution in [0.1, 0.15) is 5.56 Å². The minimum Gasteiger partial charge on any atom is -0.318 e. The predicted molar refractivity (Wildman–Crippen MR) is 50.0 cm³/mol. The third-order valence-electron chi connectivity index (χ3n) is 1.79. The van der Waals surface area contributed by atoms with Crippen LogP contribution in [0.3, 0.4) is 0 Å². The first-order chi connectivity index (χ1) is 6.15. The van der Waals surface area contributed by atoms with E-state index in [0.29, 0.717) is 18.7 Å². The van der Waals surface area contributed by atoms with Gasteiger partial charge < -0.3 is 5.32 Å². The molecular formula is C8H13N3O2. The normalized spacial score (nSPS) is 10.3. The molecule has 0 atom stereocenters. The maximum absolute atomic E-state index is 11.2. The highest BCUT2D eigenvalue weighted by Crippen LogP contribution is 1.82. The molecule has 0 aromatic carbocycles. The summed E-state index contributed by atoms with van der Waals surface area (Å²) in [6.07, 6.45) is 1.57. The molecule has 0 fully saturated rings. The molecule has 0 spiro atoms. The Morgan fingerprint density at radius 1 is 1.54 bits per heavy atom. The van der Waals surface area contributed by atoms with E-state index in [9.17, 15) is 9.59 Å². The molecular weight excluding hydrogens is 170 g/mol. The average molecular weight is 183 g/mol. The molecule has 0 unspecified atom stereocenters. The Morgan fingerprint density at radius 2 is 2.23 bits per heavy atom. The number of aromatic amines is 1. The summed E-state index contributed by atoms with van der Waals surface area (Å²) in [5.74, 6) is 0. The smallest absolute Gasteiger partial charge is 0.318 e. The van der Waals surface area contributed by atoms with Gasteiger partial charge in [-0.15, -0.1) is 0 Å². The van der Waals surface area contributed by atoms with Crippen LogP contribution in [0.5, 0.6) is 0 Å². The van der Waals surface area contributed by atoms with Gasteiger partial charge in [-0.2, -0.15) is 0 Å². The zero-order valence-electron chi connectivity index (χ0n) is 7.76. The molecule has 13 heavy (non-hydrogen) atoms. The molecule has 0 saturated heterocycles. The van der Waals surface area contributed by atoms with E-state index in [1.54, 1.807) is 13.1 Å². The Hall–Kier alpha value is -1.36. The van der Waals surface area contributed by atoms with Crippen LogP contribution in [0, 0.1) is 6.92 Å². The Balaban J connectivity index is 3.02. The Kier molecular flexibility index (Phi) is 3.02. The zero-order valence-corrected chi connectivity index (χ0v) is 7.76. The highest BCUT2D eigenvalue weighted by molar-refractivity contribution is 5.00. The quantitative estimate of drug-likeness (QED) is 0.636. The number of hydrogen-bond acceptors (Lipinski definition) is 3. The van der Waals surface area contributed by atoms with Crippen LogP contribution in [0.15, 0.2) is 15.8 Å². The van der Waals surface area contributed by atoms with Gasteiger partial charge in [0.25, 0.3) is 5.56 Å². The number of H-pyrrole nitrogens is 1. The monoisotopic (exact) mass is 183 g/mol.